The van der Waals surface area contributed by atoms with Gasteiger partial charge in [0.15, 0.2) is 11.5 Å². The topological polar surface area (TPSA) is 73.8 Å². The zero-order valence-corrected chi connectivity index (χ0v) is 15.8. The number of rotatable bonds is 7. The first-order valence-electron chi connectivity index (χ1n) is 9.33. The highest BCUT2D eigenvalue weighted by Crippen LogP contribution is 2.29. The van der Waals surface area contributed by atoms with Crippen LogP contribution in [0.25, 0.3) is 0 Å². The predicted molar refractivity (Wildman–Crippen MR) is 100 cm³/mol. The van der Waals surface area contributed by atoms with Gasteiger partial charge in [-0.1, -0.05) is 0 Å². The highest BCUT2D eigenvalue weighted by Gasteiger charge is 2.26. The second kappa shape index (κ2) is 9.21. The Labute approximate surface area is 159 Å². The molecule has 1 fully saturated rings. The molecule has 1 saturated heterocycles. The fourth-order valence-corrected chi connectivity index (χ4v) is 3.08. The van der Waals surface area contributed by atoms with Gasteiger partial charge >= 0.3 is 6.01 Å². The molecule has 2 aromatic rings. The smallest absolute Gasteiger partial charge is 0.316 e. The molecule has 0 spiro atoms. The van der Waals surface area contributed by atoms with E-state index >= 15 is 0 Å². The first-order chi connectivity index (χ1) is 13.2. The molecule has 3 rings (SSSR count). The Bertz CT molecular complexity index is 754. The molecule has 144 valence electrons. The van der Waals surface area contributed by atoms with Crippen molar-refractivity contribution < 1.29 is 19.0 Å². The molecule has 7 heteroatoms. The highest BCUT2D eigenvalue weighted by atomic mass is 16.5. The molecule has 27 heavy (non-hydrogen) atoms. The molecular weight excluding hydrogens is 346 g/mol. The number of hydrogen-bond acceptors (Lipinski definition) is 6. The van der Waals surface area contributed by atoms with Gasteiger partial charge in [-0.25, -0.2) is 9.97 Å². The summed E-state index contributed by atoms with van der Waals surface area (Å²) >= 11 is 0. The standard InChI is InChI=1S/C20H25N3O4/c1-3-25-17-9-8-15(13-18(17)26-4-2)19(24)23-12-5-7-16(14-23)27-20-21-10-6-11-22-20/h6,8-11,13,16H,3-5,7,12,14H2,1-2H3. The van der Waals surface area contributed by atoms with Crippen LogP contribution < -0.4 is 14.2 Å². The molecule has 1 aromatic heterocycles. The van der Waals surface area contributed by atoms with Crippen LogP contribution in [0.3, 0.4) is 0 Å². The van der Waals surface area contributed by atoms with E-state index in [1.807, 2.05) is 18.7 Å². The number of hydrogen-bond donors (Lipinski definition) is 0. The Morgan fingerprint density at radius 3 is 2.63 bits per heavy atom. The third-order valence-corrected chi connectivity index (χ3v) is 4.27. The van der Waals surface area contributed by atoms with Gasteiger partial charge < -0.3 is 19.1 Å². The number of carbonyl (C=O) groups excluding carboxylic acids is 1. The van der Waals surface area contributed by atoms with Crippen LogP contribution in [0.4, 0.5) is 0 Å². The Hall–Kier alpha value is -2.83. The van der Waals surface area contributed by atoms with Crippen LogP contribution in [0.1, 0.15) is 37.0 Å². The minimum absolute atomic E-state index is 0.0405. The summed E-state index contributed by atoms with van der Waals surface area (Å²) in [5.74, 6) is 1.20. The van der Waals surface area contributed by atoms with E-state index in [4.69, 9.17) is 14.2 Å². The molecule has 1 unspecified atom stereocenters. The summed E-state index contributed by atoms with van der Waals surface area (Å²) in [5.41, 5.74) is 0.582. The van der Waals surface area contributed by atoms with E-state index in [1.54, 1.807) is 36.7 Å². The summed E-state index contributed by atoms with van der Waals surface area (Å²) in [6.45, 7) is 6.08. The van der Waals surface area contributed by atoms with Gasteiger partial charge in [0.2, 0.25) is 0 Å². The van der Waals surface area contributed by atoms with E-state index in [0.29, 0.717) is 49.4 Å². The molecule has 1 aliphatic rings. The molecule has 0 bridgehead atoms. The van der Waals surface area contributed by atoms with Crippen LogP contribution in [-0.2, 0) is 0 Å². The lowest BCUT2D eigenvalue weighted by Crippen LogP contribution is -2.44. The number of benzene rings is 1. The Balaban J connectivity index is 1.70. The van der Waals surface area contributed by atoms with Gasteiger partial charge in [0.25, 0.3) is 5.91 Å². The molecule has 1 amide bonds. The maximum atomic E-state index is 13.0. The quantitative estimate of drug-likeness (QED) is 0.745. The average molecular weight is 371 g/mol. The zero-order valence-electron chi connectivity index (χ0n) is 15.8. The number of amides is 1. The van der Waals surface area contributed by atoms with Crippen molar-refractivity contribution >= 4 is 5.91 Å². The van der Waals surface area contributed by atoms with Gasteiger partial charge in [-0.3, -0.25) is 4.79 Å². The van der Waals surface area contributed by atoms with Crippen molar-refractivity contribution in [3.8, 4) is 17.5 Å². The number of piperidine rings is 1. The molecule has 0 aliphatic carbocycles. The van der Waals surface area contributed by atoms with Gasteiger partial charge in [0.1, 0.15) is 6.10 Å². The van der Waals surface area contributed by atoms with Crippen molar-refractivity contribution in [2.45, 2.75) is 32.8 Å². The Kier molecular flexibility index (Phi) is 6.46. The largest absolute Gasteiger partial charge is 0.490 e. The monoisotopic (exact) mass is 371 g/mol. The van der Waals surface area contributed by atoms with Crippen LogP contribution in [0.5, 0.6) is 17.5 Å². The molecule has 1 atom stereocenters. The maximum Gasteiger partial charge on any atom is 0.316 e. The van der Waals surface area contributed by atoms with Crippen molar-refractivity contribution in [1.82, 2.24) is 14.9 Å². The van der Waals surface area contributed by atoms with Crippen LogP contribution >= 0.6 is 0 Å². The van der Waals surface area contributed by atoms with Crippen LogP contribution in [-0.4, -0.2) is 53.2 Å². The van der Waals surface area contributed by atoms with E-state index < -0.39 is 0 Å². The minimum Gasteiger partial charge on any atom is -0.490 e. The van der Waals surface area contributed by atoms with E-state index in [2.05, 4.69) is 9.97 Å². The fourth-order valence-electron chi connectivity index (χ4n) is 3.08. The van der Waals surface area contributed by atoms with Crippen molar-refractivity contribution in [2.75, 3.05) is 26.3 Å². The van der Waals surface area contributed by atoms with Crippen molar-refractivity contribution in [3.63, 3.8) is 0 Å². The van der Waals surface area contributed by atoms with E-state index in [9.17, 15) is 4.79 Å². The van der Waals surface area contributed by atoms with Gasteiger partial charge in [0.05, 0.1) is 19.8 Å². The first kappa shape index (κ1) is 18.9. The molecule has 0 N–H and O–H groups in total. The van der Waals surface area contributed by atoms with Crippen molar-refractivity contribution in [2.24, 2.45) is 0 Å². The predicted octanol–water partition coefficient (Wildman–Crippen LogP) is 2.96. The third-order valence-electron chi connectivity index (χ3n) is 4.27. The lowest BCUT2D eigenvalue weighted by atomic mass is 10.1. The summed E-state index contributed by atoms with van der Waals surface area (Å²) in [7, 11) is 0. The number of likely N-dealkylation sites (tertiary alicyclic amines) is 1. The van der Waals surface area contributed by atoms with Gasteiger partial charge in [0, 0.05) is 24.5 Å². The molecular formula is C20H25N3O4. The van der Waals surface area contributed by atoms with E-state index in [0.717, 1.165) is 12.8 Å². The molecule has 2 heterocycles. The molecule has 0 radical (unpaired) electrons. The van der Waals surface area contributed by atoms with Gasteiger partial charge in [-0.15, -0.1) is 0 Å². The number of aromatic nitrogens is 2. The molecule has 0 saturated carbocycles. The molecule has 1 aromatic carbocycles. The fraction of sp³-hybridized carbons (Fsp3) is 0.450. The molecule has 1 aliphatic heterocycles. The maximum absolute atomic E-state index is 13.0. The Morgan fingerprint density at radius 1 is 1.15 bits per heavy atom. The van der Waals surface area contributed by atoms with Crippen LogP contribution in [0, 0.1) is 0 Å². The number of nitrogens with zero attached hydrogens (tertiary/aromatic N) is 3. The SMILES string of the molecule is CCOc1ccc(C(=O)N2CCCC(Oc3ncccn3)C2)cc1OCC. The third kappa shape index (κ3) is 4.87. The van der Waals surface area contributed by atoms with Crippen LogP contribution in [0.15, 0.2) is 36.7 Å². The first-order valence-corrected chi connectivity index (χ1v) is 9.33. The second-order valence-electron chi connectivity index (χ2n) is 6.19. The summed E-state index contributed by atoms with van der Waals surface area (Å²) in [4.78, 5) is 23.0. The lowest BCUT2D eigenvalue weighted by Gasteiger charge is -2.32. The summed E-state index contributed by atoms with van der Waals surface area (Å²) in [6.07, 6.45) is 4.92. The summed E-state index contributed by atoms with van der Waals surface area (Å²) < 4.78 is 17.0. The van der Waals surface area contributed by atoms with Gasteiger partial charge in [-0.2, -0.15) is 0 Å². The van der Waals surface area contributed by atoms with Gasteiger partial charge in [-0.05, 0) is 51.0 Å². The van der Waals surface area contributed by atoms with Crippen molar-refractivity contribution in [3.05, 3.63) is 42.2 Å². The lowest BCUT2D eigenvalue weighted by molar-refractivity contribution is 0.0515. The normalized spacial score (nSPS) is 16.7. The second-order valence-corrected chi connectivity index (χ2v) is 6.19. The summed E-state index contributed by atoms with van der Waals surface area (Å²) in [6, 6.07) is 7.40. The Morgan fingerprint density at radius 2 is 1.89 bits per heavy atom. The number of ether oxygens (including phenoxy) is 3. The zero-order chi connectivity index (χ0) is 19.1. The minimum atomic E-state index is -0.112. The molecule has 7 nitrogen and oxygen atoms in total. The number of carbonyl (C=O) groups is 1. The average Bonchev–Trinajstić information content (AvgIpc) is 2.70. The van der Waals surface area contributed by atoms with Crippen LogP contribution in [0.2, 0.25) is 0 Å². The van der Waals surface area contributed by atoms with Crippen molar-refractivity contribution in [1.29, 1.82) is 0 Å². The van der Waals surface area contributed by atoms with E-state index in [-0.39, 0.29) is 12.0 Å². The van der Waals surface area contributed by atoms with E-state index in [1.165, 1.54) is 0 Å². The summed E-state index contributed by atoms with van der Waals surface area (Å²) in [5, 5.41) is 0. The highest BCUT2D eigenvalue weighted by molar-refractivity contribution is 5.95.